The van der Waals surface area contributed by atoms with Crippen molar-refractivity contribution in [3.05, 3.63) is 29.6 Å². The van der Waals surface area contributed by atoms with Gasteiger partial charge in [-0.3, -0.25) is 0 Å². The van der Waals surface area contributed by atoms with Gasteiger partial charge in [0.2, 0.25) is 0 Å². The van der Waals surface area contributed by atoms with E-state index in [2.05, 4.69) is 0 Å². The molecule has 1 fully saturated rings. The summed E-state index contributed by atoms with van der Waals surface area (Å²) in [6.45, 7) is 0. The van der Waals surface area contributed by atoms with Crippen LogP contribution in [0.3, 0.4) is 0 Å². The summed E-state index contributed by atoms with van der Waals surface area (Å²) < 4.78 is 35.0. The van der Waals surface area contributed by atoms with E-state index in [-0.39, 0.29) is 0 Å². The topological polar surface area (TPSA) is 34.1 Å². The zero-order chi connectivity index (χ0) is 10.3. The summed E-state index contributed by atoms with van der Waals surface area (Å²) >= 11 is 0. The van der Waals surface area contributed by atoms with Crippen molar-refractivity contribution in [3.8, 4) is 0 Å². The first-order chi connectivity index (χ1) is 6.48. The SMILES string of the molecule is O=S(=O)(Cl)c1ccc(C2CC2)cc1F. The molecule has 0 spiro atoms. The quantitative estimate of drug-likeness (QED) is 0.738. The van der Waals surface area contributed by atoms with Crippen molar-refractivity contribution in [1.29, 1.82) is 0 Å². The van der Waals surface area contributed by atoms with Crippen molar-refractivity contribution >= 4 is 19.7 Å². The van der Waals surface area contributed by atoms with Crippen LogP contribution < -0.4 is 0 Å². The Bertz CT molecular complexity index is 466. The fourth-order valence-electron chi connectivity index (χ4n) is 1.39. The summed E-state index contributed by atoms with van der Waals surface area (Å²) in [6, 6.07) is 4.11. The number of hydrogen-bond acceptors (Lipinski definition) is 2. The fraction of sp³-hybridized carbons (Fsp3) is 0.333. The van der Waals surface area contributed by atoms with Gasteiger partial charge in [-0.05, 0) is 36.5 Å². The van der Waals surface area contributed by atoms with E-state index >= 15 is 0 Å². The molecule has 0 atom stereocenters. The van der Waals surface area contributed by atoms with Crippen LogP contribution in [0.2, 0.25) is 0 Å². The van der Waals surface area contributed by atoms with E-state index in [0.29, 0.717) is 5.92 Å². The highest BCUT2D eigenvalue weighted by atomic mass is 35.7. The van der Waals surface area contributed by atoms with Gasteiger partial charge in [-0.25, -0.2) is 12.8 Å². The molecule has 2 nitrogen and oxygen atoms in total. The van der Waals surface area contributed by atoms with Crippen molar-refractivity contribution in [1.82, 2.24) is 0 Å². The average molecular weight is 235 g/mol. The van der Waals surface area contributed by atoms with Crippen molar-refractivity contribution in [2.24, 2.45) is 0 Å². The highest BCUT2D eigenvalue weighted by Crippen LogP contribution is 2.40. The first-order valence-corrected chi connectivity index (χ1v) is 6.53. The summed E-state index contributed by atoms with van der Waals surface area (Å²) in [5.74, 6) is -0.360. The van der Waals surface area contributed by atoms with Gasteiger partial charge in [-0.2, -0.15) is 0 Å². The summed E-state index contributed by atoms with van der Waals surface area (Å²) in [7, 11) is 1.09. The van der Waals surface area contributed by atoms with Gasteiger partial charge in [0.1, 0.15) is 10.7 Å². The summed E-state index contributed by atoms with van der Waals surface area (Å²) in [5, 5.41) is 0. The number of benzene rings is 1. The lowest BCUT2D eigenvalue weighted by molar-refractivity contribution is 0.574. The maximum absolute atomic E-state index is 13.3. The van der Waals surface area contributed by atoms with Crippen molar-refractivity contribution in [2.45, 2.75) is 23.7 Å². The maximum Gasteiger partial charge on any atom is 0.264 e. The van der Waals surface area contributed by atoms with Gasteiger partial charge in [-0.15, -0.1) is 0 Å². The third-order valence-corrected chi connectivity index (χ3v) is 3.62. The highest BCUT2D eigenvalue weighted by molar-refractivity contribution is 8.13. The van der Waals surface area contributed by atoms with Crippen LogP contribution in [0.25, 0.3) is 0 Å². The number of rotatable bonds is 2. The molecule has 1 aromatic carbocycles. The minimum atomic E-state index is -3.96. The molecule has 0 N–H and O–H groups in total. The van der Waals surface area contributed by atoms with Crippen LogP contribution in [0, 0.1) is 5.82 Å². The smallest absolute Gasteiger partial charge is 0.207 e. The molecule has 1 aliphatic rings. The highest BCUT2D eigenvalue weighted by Gasteiger charge is 2.25. The Hall–Kier alpha value is -0.610. The molecule has 1 aromatic rings. The van der Waals surface area contributed by atoms with Gasteiger partial charge in [0.25, 0.3) is 9.05 Å². The molecule has 0 aliphatic heterocycles. The predicted octanol–water partition coefficient (Wildman–Crippen LogP) is 2.63. The van der Waals surface area contributed by atoms with E-state index in [1.165, 1.54) is 12.1 Å². The Morgan fingerprint density at radius 1 is 1.36 bits per heavy atom. The van der Waals surface area contributed by atoms with Crippen LogP contribution in [0.15, 0.2) is 23.1 Å². The minimum absolute atomic E-state index is 0.400. The van der Waals surface area contributed by atoms with E-state index in [4.69, 9.17) is 10.7 Å². The van der Waals surface area contributed by atoms with Gasteiger partial charge in [-0.1, -0.05) is 6.07 Å². The van der Waals surface area contributed by atoms with Gasteiger partial charge >= 0.3 is 0 Å². The molecule has 0 aromatic heterocycles. The Kier molecular flexibility index (Phi) is 2.27. The minimum Gasteiger partial charge on any atom is -0.207 e. The van der Waals surface area contributed by atoms with Gasteiger partial charge < -0.3 is 0 Å². The molecule has 0 bridgehead atoms. The lowest BCUT2D eigenvalue weighted by Gasteiger charge is -2.01. The molecule has 0 unspecified atom stereocenters. The fourth-order valence-corrected chi connectivity index (χ4v) is 2.28. The van der Waals surface area contributed by atoms with Crippen LogP contribution in [-0.2, 0) is 9.05 Å². The Balaban J connectivity index is 2.46. The number of halogens is 2. The van der Waals surface area contributed by atoms with Gasteiger partial charge in [0.05, 0.1) is 0 Å². The first-order valence-electron chi connectivity index (χ1n) is 4.22. The maximum atomic E-state index is 13.3. The molecular formula is C9H8ClFO2S. The van der Waals surface area contributed by atoms with E-state index < -0.39 is 19.8 Å². The molecule has 1 saturated carbocycles. The standard InChI is InChI=1S/C9H8ClFO2S/c10-14(12,13)9-4-3-7(5-8(9)11)6-1-2-6/h3-6H,1-2H2. The van der Waals surface area contributed by atoms with Crippen molar-refractivity contribution < 1.29 is 12.8 Å². The molecule has 0 heterocycles. The molecule has 0 radical (unpaired) electrons. The van der Waals surface area contributed by atoms with Crippen LogP contribution in [-0.4, -0.2) is 8.42 Å². The van der Waals surface area contributed by atoms with E-state index in [1.54, 1.807) is 6.07 Å². The molecule has 5 heteroatoms. The lowest BCUT2D eigenvalue weighted by Crippen LogP contribution is -1.96. The van der Waals surface area contributed by atoms with Crippen LogP contribution in [0.1, 0.15) is 24.3 Å². The van der Waals surface area contributed by atoms with Gasteiger partial charge in [0, 0.05) is 10.7 Å². The largest absolute Gasteiger partial charge is 0.264 e. The van der Waals surface area contributed by atoms with E-state index in [0.717, 1.165) is 18.4 Å². The van der Waals surface area contributed by atoms with Crippen LogP contribution in [0.4, 0.5) is 4.39 Å². The molecule has 14 heavy (non-hydrogen) atoms. The summed E-state index contributed by atoms with van der Waals surface area (Å²) in [6.07, 6.45) is 2.10. The zero-order valence-corrected chi connectivity index (χ0v) is 8.78. The molecule has 76 valence electrons. The van der Waals surface area contributed by atoms with Gasteiger partial charge in [0.15, 0.2) is 0 Å². The zero-order valence-electron chi connectivity index (χ0n) is 7.20. The Morgan fingerprint density at radius 3 is 2.43 bits per heavy atom. The van der Waals surface area contributed by atoms with Crippen molar-refractivity contribution in [2.75, 3.05) is 0 Å². The third kappa shape index (κ3) is 1.91. The van der Waals surface area contributed by atoms with Crippen molar-refractivity contribution in [3.63, 3.8) is 0 Å². The molecule has 0 saturated heterocycles. The second-order valence-corrected chi connectivity index (χ2v) is 5.94. The van der Waals surface area contributed by atoms with Crippen LogP contribution >= 0.6 is 10.7 Å². The molecule has 1 aliphatic carbocycles. The lowest BCUT2D eigenvalue weighted by atomic mass is 10.1. The van der Waals surface area contributed by atoms with E-state index in [1.807, 2.05) is 0 Å². The van der Waals surface area contributed by atoms with Crippen LogP contribution in [0.5, 0.6) is 0 Å². The third-order valence-electron chi connectivity index (χ3n) is 2.27. The average Bonchev–Trinajstić information content (AvgIpc) is 2.83. The second-order valence-electron chi connectivity index (χ2n) is 3.40. The Morgan fingerprint density at radius 2 is 2.00 bits per heavy atom. The molecular weight excluding hydrogens is 227 g/mol. The second kappa shape index (κ2) is 3.21. The number of hydrogen-bond donors (Lipinski definition) is 0. The molecule has 2 rings (SSSR count). The van der Waals surface area contributed by atoms with E-state index in [9.17, 15) is 12.8 Å². The Labute approximate surface area is 86.1 Å². The summed E-state index contributed by atoms with van der Waals surface area (Å²) in [4.78, 5) is -0.441. The predicted molar refractivity (Wildman–Crippen MR) is 51.4 cm³/mol. The normalized spacial score (nSPS) is 17.0. The monoisotopic (exact) mass is 234 g/mol. The summed E-state index contributed by atoms with van der Waals surface area (Å²) in [5.41, 5.74) is 0.853. The molecule has 0 amide bonds. The first kappa shape index (κ1) is 9.93.